The number of nitriles is 1. The molecule has 0 aromatic heterocycles. The molecular formula is C14H15FN2O2. The van der Waals surface area contributed by atoms with Crippen molar-refractivity contribution in [3.63, 3.8) is 0 Å². The largest absolute Gasteiger partial charge is 0.507 e. The van der Waals surface area contributed by atoms with Crippen LogP contribution < -0.4 is 5.32 Å². The first-order chi connectivity index (χ1) is 9.06. The maximum Gasteiger partial charge on any atom is 0.256 e. The fourth-order valence-electron chi connectivity index (χ4n) is 2.40. The highest BCUT2D eigenvalue weighted by Gasteiger charge is 2.34. The lowest BCUT2D eigenvalue weighted by atomic mass is 9.82. The maximum absolute atomic E-state index is 12.9. The number of nitrogens with one attached hydrogen (secondary N) is 1. The van der Waals surface area contributed by atoms with Crippen LogP contribution in [0.2, 0.25) is 0 Å². The lowest BCUT2D eigenvalue weighted by Crippen LogP contribution is -2.48. The number of phenols is 1. The van der Waals surface area contributed by atoms with Gasteiger partial charge in [0, 0.05) is 6.07 Å². The van der Waals surface area contributed by atoms with Crippen molar-refractivity contribution >= 4 is 5.91 Å². The van der Waals surface area contributed by atoms with Gasteiger partial charge < -0.3 is 10.4 Å². The Morgan fingerprint density at radius 1 is 1.37 bits per heavy atom. The average molecular weight is 262 g/mol. The molecule has 2 rings (SSSR count). The third kappa shape index (κ3) is 2.84. The zero-order valence-corrected chi connectivity index (χ0v) is 10.4. The molecule has 1 aliphatic rings. The van der Waals surface area contributed by atoms with Crippen LogP contribution in [-0.2, 0) is 0 Å². The standard InChI is InChI=1S/C14H15FN2O2/c15-10-4-5-11(12(18)8-10)13(19)17-14(9-16)6-2-1-3-7-14/h4-5,8,18H,1-3,6-7H2,(H,17,19). The highest BCUT2D eigenvalue weighted by Crippen LogP contribution is 2.28. The molecule has 1 fully saturated rings. The molecule has 1 aromatic carbocycles. The van der Waals surface area contributed by atoms with Crippen molar-refractivity contribution in [3.8, 4) is 11.8 Å². The molecule has 0 bridgehead atoms. The molecule has 0 heterocycles. The summed E-state index contributed by atoms with van der Waals surface area (Å²) in [6.07, 6.45) is 4.06. The van der Waals surface area contributed by atoms with Crippen molar-refractivity contribution in [2.45, 2.75) is 37.6 Å². The molecule has 100 valence electrons. The van der Waals surface area contributed by atoms with Crippen LogP contribution in [0.4, 0.5) is 4.39 Å². The number of phenolic OH excluding ortho intramolecular Hbond substituents is 1. The lowest BCUT2D eigenvalue weighted by molar-refractivity contribution is 0.0900. The summed E-state index contributed by atoms with van der Waals surface area (Å²) in [4.78, 5) is 12.1. The lowest BCUT2D eigenvalue weighted by Gasteiger charge is -2.31. The number of carbonyl (C=O) groups excluding carboxylic acids is 1. The second-order valence-electron chi connectivity index (χ2n) is 4.87. The zero-order valence-electron chi connectivity index (χ0n) is 10.4. The van der Waals surface area contributed by atoms with Gasteiger partial charge in [0.05, 0.1) is 11.6 Å². The van der Waals surface area contributed by atoms with Gasteiger partial charge in [-0.3, -0.25) is 4.79 Å². The number of hydrogen-bond acceptors (Lipinski definition) is 3. The van der Waals surface area contributed by atoms with E-state index in [2.05, 4.69) is 11.4 Å². The summed E-state index contributed by atoms with van der Waals surface area (Å²) in [6, 6.07) is 5.37. The van der Waals surface area contributed by atoms with Crippen molar-refractivity contribution in [1.82, 2.24) is 5.32 Å². The fraction of sp³-hybridized carbons (Fsp3) is 0.429. The molecule has 0 aliphatic heterocycles. The number of carbonyl (C=O) groups is 1. The van der Waals surface area contributed by atoms with Gasteiger partial charge in [0.15, 0.2) is 0 Å². The number of aromatic hydroxyl groups is 1. The summed E-state index contributed by atoms with van der Waals surface area (Å²) >= 11 is 0. The molecule has 2 N–H and O–H groups in total. The van der Waals surface area contributed by atoms with E-state index in [9.17, 15) is 19.6 Å². The first kappa shape index (κ1) is 13.3. The Morgan fingerprint density at radius 2 is 2.05 bits per heavy atom. The van der Waals surface area contributed by atoms with Crippen LogP contribution >= 0.6 is 0 Å². The third-order valence-electron chi connectivity index (χ3n) is 3.48. The van der Waals surface area contributed by atoms with E-state index < -0.39 is 23.0 Å². The molecule has 5 heteroatoms. The van der Waals surface area contributed by atoms with Gasteiger partial charge in [-0.15, -0.1) is 0 Å². The van der Waals surface area contributed by atoms with Crippen LogP contribution in [0.5, 0.6) is 5.75 Å². The SMILES string of the molecule is N#CC1(NC(=O)c2ccc(F)cc2O)CCCCC1. The molecule has 0 spiro atoms. The summed E-state index contributed by atoms with van der Waals surface area (Å²) in [5.41, 5.74) is -0.877. The van der Waals surface area contributed by atoms with E-state index in [-0.39, 0.29) is 5.56 Å². The number of halogens is 1. The van der Waals surface area contributed by atoms with Crippen LogP contribution in [0.1, 0.15) is 42.5 Å². The minimum atomic E-state index is -0.865. The Labute approximate surface area is 110 Å². The minimum absolute atomic E-state index is 0.0124. The maximum atomic E-state index is 12.9. The van der Waals surface area contributed by atoms with Gasteiger partial charge in [-0.2, -0.15) is 5.26 Å². The quantitative estimate of drug-likeness (QED) is 0.860. The molecule has 1 saturated carbocycles. The predicted octanol–water partition coefficient (Wildman–Crippen LogP) is 2.49. The number of rotatable bonds is 2. The highest BCUT2D eigenvalue weighted by molar-refractivity contribution is 5.97. The molecule has 0 unspecified atom stereocenters. The summed E-state index contributed by atoms with van der Waals surface area (Å²) in [5.74, 6) is -1.57. The number of amides is 1. The molecule has 1 amide bonds. The summed E-state index contributed by atoms with van der Waals surface area (Å²) in [6.45, 7) is 0. The fourth-order valence-corrected chi connectivity index (χ4v) is 2.40. The van der Waals surface area contributed by atoms with Crippen LogP contribution in [0.15, 0.2) is 18.2 Å². The van der Waals surface area contributed by atoms with Gasteiger partial charge in [0.25, 0.3) is 5.91 Å². The molecule has 0 radical (unpaired) electrons. The van der Waals surface area contributed by atoms with E-state index in [0.29, 0.717) is 12.8 Å². The normalized spacial score (nSPS) is 17.5. The molecular weight excluding hydrogens is 247 g/mol. The first-order valence-electron chi connectivity index (χ1n) is 6.29. The van der Waals surface area contributed by atoms with Crippen molar-refractivity contribution < 1.29 is 14.3 Å². The Balaban J connectivity index is 2.18. The zero-order chi connectivity index (χ0) is 13.9. The smallest absolute Gasteiger partial charge is 0.256 e. The number of hydrogen-bond donors (Lipinski definition) is 2. The molecule has 19 heavy (non-hydrogen) atoms. The van der Waals surface area contributed by atoms with Gasteiger partial charge in [-0.25, -0.2) is 4.39 Å². The predicted molar refractivity (Wildman–Crippen MR) is 67.0 cm³/mol. The summed E-state index contributed by atoms with van der Waals surface area (Å²) in [7, 11) is 0. The molecule has 1 aromatic rings. The molecule has 1 aliphatic carbocycles. The highest BCUT2D eigenvalue weighted by atomic mass is 19.1. The van der Waals surface area contributed by atoms with Gasteiger partial charge in [-0.05, 0) is 25.0 Å². The van der Waals surface area contributed by atoms with Crippen molar-refractivity contribution in [1.29, 1.82) is 5.26 Å². The van der Waals surface area contributed by atoms with E-state index >= 15 is 0 Å². The van der Waals surface area contributed by atoms with Gasteiger partial charge >= 0.3 is 0 Å². The third-order valence-corrected chi connectivity index (χ3v) is 3.48. The van der Waals surface area contributed by atoms with Crippen molar-refractivity contribution in [3.05, 3.63) is 29.6 Å². The van der Waals surface area contributed by atoms with Crippen LogP contribution in [0.25, 0.3) is 0 Å². The Kier molecular flexibility index (Phi) is 3.70. The minimum Gasteiger partial charge on any atom is -0.507 e. The first-order valence-corrected chi connectivity index (χ1v) is 6.29. The van der Waals surface area contributed by atoms with Gasteiger partial charge in [-0.1, -0.05) is 19.3 Å². The molecule has 4 nitrogen and oxygen atoms in total. The van der Waals surface area contributed by atoms with E-state index in [1.807, 2.05) is 0 Å². The molecule has 0 saturated heterocycles. The molecule has 0 atom stereocenters. The Bertz CT molecular complexity index is 531. The van der Waals surface area contributed by atoms with E-state index in [4.69, 9.17) is 0 Å². The Hall–Kier alpha value is -2.09. The van der Waals surface area contributed by atoms with Gasteiger partial charge in [0.1, 0.15) is 17.1 Å². The summed E-state index contributed by atoms with van der Waals surface area (Å²) < 4.78 is 12.9. The topological polar surface area (TPSA) is 73.1 Å². The second-order valence-corrected chi connectivity index (χ2v) is 4.87. The van der Waals surface area contributed by atoms with E-state index in [1.54, 1.807) is 0 Å². The second kappa shape index (κ2) is 5.27. The summed E-state index contributed by atoms with van der Waals surface area (Å²) in [5, 5.41) is 21.5. The van der Waals surface area contributed by atoms with Gasteiger partial charge in [0.2, 0.25) is 0 Å². The van der Waals surface area contributed by atoms with Crippen LogP contribution in [0.3, 0.4) is 0 Å². The van der Waals surface area contributed by atoms with Crippen molar-refractivity contribution in [2.75, 3.05) is 0 Å². The number of nitrogens with zero attached hydrogens (tertiary/aromatic N) is 1. The van der Waals surface area contributed by atoms with Crippen LogP contribution in [0, 0.1) is 17.1 Å². The van der Waals surface area contributed by atoms with Crippen molar-refractivity contribution in [2.24, 2.45) is 0 Å². The van der Waals surface area contributed by atoms with Crippen LogP contribution in [-0.4, -0.2) is 16.6 Å². The monoisotopic (exact) mass is 262 g/mol. The Morgan fingerprint density at radius 3 is 2.63 bits per heavy atom. The average Bonchev–Trinajstić information content (AvgIpc) is 2.39. The number of benzene rings is 1. The van der Waals surface area contributed by atoms with E-state index in [0.717, 1.165) is 31.4 Å². The van der Waals surface area contributed by atoms with E-state index in [1.165, 1.54) is 6.07 Å².